The van der Waals surface area contributed by atoms with E-state index in [4.69, 9.17) is 9.47 Å². The van der Waals surface area contributed by atoms with Gasteiger partial charge in [0.2, 0.25) is 0 Å². The highest BCUT2D eigenvalue weighted by molar-refractivity contribution is 7.99. The third-order valence-electron chi connectivity index (χ3n) is 4.91. The molecule has 0 radical (unpaired) electrons. The molecule has 0 bridgehead atoms. The number of hydrogen-bond acceptors (Lipinski definition) is 7. The molecule has 1 fully saturated rings. The van der Waals surface area contributed by atoms with E-state index in [-0.39, 0.29) is 33.5 Å². The first kappa shape index (κ1) is 25.5. The van der Waals surface area contributed by atoms with Crippen LogP contribution in [0.15, 0.2) is 52.3 Å². The maximum absolute atomic E-state index is 13.0. The van der Waals surface area contributed by atoms with Crippen molar-refractivity contribution in [3.63, 3.8) is 0 Å². The first-order valence-corrected chi connectivity index (χ1v) is 11.0. The molecule has 1 heterocycles. The van der Waals surface area contributed by atoms with Gasteiger partial charge in [-0.2, -0.15) is 13.2 Å². The summed E-state index contributed by atoms with van der Waals surface area (Å²) in [5.74, 6) is -1.22. The average Bonchev–Trinajstić information content (AvgIpc) is 2.76. The number of nitrogens with zero attached hydrogens (tertiary/aromatic N) is 2. The van der Waals surface area contributed by atoms with E-state index >= 15 is 0 Å². The van der Waals surface area contributed by atoms with Crippen LogP contribution >= 0.6 is 11.8 Å². The number of ether oxygens (including phenoxy) is 2. The lowest BCUT2D eigenvalue weighted by Gasteiger charge is -2.35. The van der Waals surface area contributed by atoms with Gasteiger partial charge in [0.25, 0.3) is 11.6 Å². The zero-order valence-corrected chi connectivity index (χ0v) is 19.0. The summed E-state index contributed by atoms with van der Waals surface area (Å²) in [5, 5.41) is 11.4. The molecule has 8 nitrogen and oxygen atoms in total. The molecule has 34 heavy (non-hydrogen) atoms. The SMILES string of the molecule is CC1CN(C(=O)COC(=O)c2ccccc2Sc2ccc(C(F)(F)F)cc2[N+](=O)[O-])CC(C)O1. The number of nitro benzene ring substituents is 1. The van der Waals surface area contributed by atoms with E-state index in [0.29, 0.717) is 19.2 Å². The van der Waals surface area contributed by atoms with Crippen LogP contribution in [0.25, 0.3) is 0 Å². The molecule has 0 saturated carbocycles. The van der Waals surface area contributed by atoms with Gasteiger partial charge < -0.3 is 14.4 Å². The number of amides is 1. The molecule has 0 N–H and O–H groups in total. The molecule has 12 heteroatoms. The number of esters is 1. The van der Waals surface area contributed by atoms with Crippen LogP contribution < -0.4 is 0 Å². The molecule has 1 aliphatic rings. The molecule has 0 aromatic heterocycles. The van der Waals surface area contributed by atoms with Crippen LogP contribution in [0.3, 0.4) is 0 Å². The summed E-state index contributed by atoms with van der Waals surface area (Å²) in [6.07, 6.45) is -5.04. The normalized spacial score (nSPS) is 18.4. The summed E-state index contributed by atoms with van der Waals surface area (Å²) in [7, 11) is 0. The van der Waals surface area contributed by atoms with E-state index in [1.807, 2.05) is 13.8 Å². The Morgan fingerprint density at radius 2 is 1.79 bits per heavy atom. The van der Waals surface area contributed by atoms with E-state index < -0.39 is 34.9 Å². The van der Waals surface area contributed by atoms with Crippen molar-refractivity contribution in [1.29, 1.82) is 0 Å². The van der Waals surface area contributed by atoms with Crippen molar-refractivity contribution in [2.24, 2.45) is 0 Å². The maximum atomic E-state index is 13.0. The van der Waals surface area contributed by atoms with Gasteiger partial charge in [-0.15, -0.1) is 0 Å². The highest BCUT2D eigenvalue weighted by Crippen LogP contribution is 2.40. The Morgan fingerprint density at radius 1 is 1.15 bits per heavy atom. The molecular weight excluding hydrogens is 477 g/mol. The summed E-state index contributed by atoms with van der Waals surface area (Å²) < 4.78 is 49.6. The van der Waals surface area contributed by atoms with Gasteiger partial charge in [0, 0.05) is 24.1 Å². The smallest absolute Gasteiger partial charge is 0.416 e. The predicted molar refractivity (Wildman–Crippen MR) is 116 cm³/mol. The lowest BCUT2D eigenvalue weighted by molar-refractivity contribution is -0.388. The highest BCUT2D eigenvalue weighted by Gasteiger charge is 2.33. The van der Waals surface area contributed by atoms with Crippen molar-refractivity contribution in [1.82, 2.24) is 4.90 Å². The number of morpholine rings is 1. The van der Waals surface area contributed by atoms with Crippen LogP contribution in [0.5, 0.6) is 0 Å². The minimum atomic E-state index is -4.74. The average molecular weight is 498 g/mol. The summed E-state index contributed by atoms with van der Waals surface area (Å²) >= 11 is 0.758. The number of benzene rings is 2. The fraction of sp³-hybridized carbons (Fsp3) is 0.364. The largest absolute Gasteiger partial charge is 0.452 e. The van der Waals surface area contributed by atoms with Gasteiger partial charge in [-0.05, 0) is 38.1 Å². The Kier molecular flexibility index (Phi) is 7.82. The van der Waals surface area contributed by atoms with Gasteiger partial charge in [-0.3, -0.25) is 14.9 Å². The quantitative estimate of drug-likeness (QED) is 0.327. The second-order valence-electron chi connectivity index (χ2n) is 7.67. The van der Waals surface area contributed by atoms with Crippen molar-refractivity contribution in [3.05, 3.63) is 63.7 Å². The zero-order valence-electron chi connectivity index (χ0n) is 18.2. The van der Waals surface area contributed by atoms with Crippen molar-refractivity contribution in [2.75, 3.05) is 19.7 Å². The molecule has 2 unspecified atom stereocenters. The van der Waals surface area contributed by atoms with Crippen molar-refractivity contribution in [2.45, 2.75) is 42.0 Å². The molecule has 1 aliphatic heterocycles. The Balaban J connectivity index is 1.75. The minimum absolute atomic E-state index is 0.0261. The van der Waals surface area contributed by atoms with Gasteiger partial charge in [0.15, 0.2) is 6.61 Å². The number of carbonyl (C=O) groups excluding carboxylic acids is 2. The molecule has 182 valence electrons. The number of alkyl halides is 3. The lowest BCUT2D eigenvalue weighted by atomic mass is 10.2. The third-order valence-corrected chi connectivity index (χ3v) is 6.05. The Hall–Kier alpha value is -3.12. The maximum Gasteiger partial charge on any atom is 0.416 e. The molecule has 3 rings (SSSR count). The number of carbonyl (C=O) groups is 2. The molecule has 0 aliphatic carbocycles. The van der Waals surface area contributed by atoms with Gasteiger partial charge in [0.1, 0.15) is 0 Å². The summed E-state index contributed by atoms with van der Waals surface area (Å²) in [6.45, 7) is 3.89. The minimum Gasteiger partial charge on any atom is -0.452 e. The van der Waals surface area contributed by atoms with Gasteiger partial charge in [-0.25, -0.2) is 4.79 Å². The second-order valence-corrected chi connectivity index (χ2v) is 8.75. The predicted octanol–water partition coefficient (Wildman–Crippen LogP) is 4.56. The number of hydrogen-bond donors (Lipinski definition) is 0. The molecule has 1 amide bonds. The van der Waals surface area contributed by atoms with Gasteiger partial charge in [-0.1, -0.05) is 23.9 Å². The standard InChI is InChI=1S/C22H21F3N2O6S/c1-13-10-26(11-14(2)33-13)20(28)12-32-21(29)16-5-3-4-6-18(16)34-19-8-7-15(22(23,24)25)9-17(19)27(30)31/h3-9,13-14H,10-12H2,1-2H3. The van der Waals surface area contributed by atoms with E-state index in [0.717, 1.165) is 23.9 Å². The topological polar surface area (TPSA) is 99.0 Å². The number of nitro groups is 1. The van der Waals surface area contributed by atoms with E-state index in [1.165, 1.54) is 18.2 Å². The van der Waals surface area contributed by atoms with Crippen LogP contribution in [0.1, 0.15) is 29.8 Å². The van der Waals surface area contributed by atoms with Gasteiger partial charge >= 0.3 is 12.1 Å². The number of halogens is 3. The monoisotopic (exact) mass is 498 g/mol. The van der Waals surface area contributed by atoms with Crippen LogP contribution in [-0.2, 0) is 20.4 Å². The van der Waals surface area contributed by atoms with Crippen molar-refractivity contribution < 1.29 is 37.2 Å². The zero-order chi connectivity index (χ0) is 25.0. The van der Waals surface area contributed by atoms with Crippen molar-refractivity contribution in [3.8, 4) is 0 Å². The van der Waals surface area contributed by atoms with E-state index in [1.54, 1.807) is 11.0 Å². The highest BCUT2D eigenvalue weighted by atomic mass is 32.2. The molecule has 1 saturated heterocycles. The third kappa shape index (κ3) is 6.26. The van der Waals surface area contributed by atoms with Gasteiger partial charge in [0.05, 0.1) is 33.2 Å². The van der Waals surface area contributed by atoms with Crippen LogP contribution in [0, 0.1) is 10.1 Å². The Labute approximate surface area is 197 Å². The first-order chi connectivity index (χ1) is 16.0. The van der Waals surface area contributed by atoms with Crippen LogP contribution in [0.2, 0.25) is 0 Å². The molecule has 2 aromatic rings. The fourth-order valence-electron chi connectivity index (χ4n) is 3.44. The summed E-state index contributed by atoms with van der Waals surface area (Å²) in [6, 6.07) is 8.16. The Morgan fingerprint density at radius 3 is 2.41 bits per heavy atom. The van der Waals surface area contributed by atoms with E-state index in [9.17, 15) is 32.9 Å². The molecule has 0 spiro atoms. The summed E-state index contributed by atoms with van der Waals surface area (Å²) in [5.41, 5.74) is -1.87. The summed E-state index contributed by atoms with van der Waals surface area (Å²) in [4.78, 5) is 37.3. The second kappa shape index (κ2) is 10.4. The van der Waals surface area contributed by atoms with Crippen LogP contribution in [-0.4, -0.2) is 53.6 Å². The molecule has 2 aromatic carbocycles. The number of rotatable bonds is 6. The van der Waals surface area contributed by atoms with E-state index in [2.05, 4.69) is 0 Å². The Bertz CT molecular complexity index is 1080. The molecule has 2 atom stereocenters. The fourth-order valence-corrected chi connectivity index (χ4v) is 4.46. The van der Waals surface area contributed by atoms with Crippen LogP contribution in [0.4, 0.5) is 18.9 Å². The lowest BCUT2D eigenvalue weighted by Crippen LogP contribution is -2.49. The first-order valence-electron chi connectivity index (χ1n) is 10.2. The molecular formula is C22H21F3N2O6S. The van der Waals surface area contributed by atoms with Crippen molar-refractivity contribution >= 4 is 29.3 Å².